The van der Waals surface area contributed by atoms with Crippen LogP contribution < -0.4 is 15.0 Å². The molecule has 2 aromatic heterocycles. The number of aryl methyl sites for hydroxylation is 1. The van der Waals surface area contributed by atoms with Gasteiger partial charge in [-0.25, -0.2) is 4.79 Å². The second-order valence-corrected chi connectivity index (χ2v) is 16.9. The summed E-state index contributed by atoms with van der Waals surface area (Å²) in [4.78, 5) is 32.5. The van der Waals surface area contributed by atoms with Gasteiger partial charge in [0.15, 0.2) is 0 Å². The molecule has 4 aliphatic rings. The minimum Gasteiger partial charge on any atom is -0.496 e. The number of rotatable bonds is 8. The molecule has 4 aromatic rings. The van der Waals surface area contributed by atoms with Crippen LogP contribution in [-0.4, -0.2) is 79.1 Å². The topological polar surface area (TPSA) is 85.3 Å². The summed E-state index contributed by atoms with van der Waals surface area (Å²) in [7, 11) is 3.52. The number of methoxy groups -OCH3 is 2. The molecule has 8 rings (SSSR count). The van der Waals surface area contributed by atoms with Crippen molar-refractivity contribution in [3.05, 3.63) is 47.5 Å². The lowest BCUT2D eigenvalue weighted by Crippen LogP contribution is -2.46. The van der Waals surface area contributed by atoms with Gasteiger partial charge < -0.3 is 33.9 Å². The van der Waals surface area contributed by atoms with E-state index in [1.165, 1.54) is 45.6 Å². The van der Waals surface area contributed by atoms with Crippen molar-refractivity contribution in [2.24, 2.45) is 11.8 Å². The average Bonchev–Trinajstić information content (AvgIpc) is 3.45. The molecule has 2 unspecified atom stereocenters. The second-order valence-electron chi connectivity index (χ2n) is 15.9. The fraction of sp³-hybridized carbons (Fsp3) is 0.550. The van der Waals surface area contributed by atoms with Crippen molar-refractivity contribution >= 4 is 50.0 Å². The first-order chi connectivity index (χ1) is 24.0. The molecule has 2 aromatic carbocycles. The minimum absolute atomic E-state index is 0.00843. The van der Waals surface area contributed by atoms with Gasteiger partial charge in [-0.2, -0.15) is 0 Å². The van der Waals surface area contributed by atoms with Gasteiger partial charge in [-0.15, -0.1) is 11.3 Å². The Morgan fingerprint density at radius 1 is 0.980 bits per heavy atom. The van der Waals surface area contributed by atoms with E-state index in [4.69, 9.17) is 14.2 Å². The quantitative estimate of drug-likeness (QED) is 0.201. The van der Waals surface area contributed by atoms with Gasteiger partial charge in [0, 0.05) is 60.0 Å². The lowest BCUT2D eigenvalue weighted by Gasteiger charge is -2.33. The summed E-state index contributed by atoms with van der Waals surface area (Å²) in [5.74, 6) is 1.66. The molecule has 1 N–H and O–H groups in total. The number of nitrogens with one attached hydrogen (secondary N) is 1. The van der Waals surface area contributed by atoms with E-state index in [2.05, 4.69) is 52.0 Å². The van der Waals surface area contributed by atoms with Crippen LogP contribution in [0.1, 0.15) is 75.2 Å². The number of thiophene rings is 1. The molecule has 3 atom stereocenters. The molecule has 2 aliphatic heterocycles. The Morgan fingerprint density at radius 3 is 2.46 bits per heavy atom. The number of aromatic nitrogens is 1. The first-order valence-electron chi connectivity index (χ1n) is 18.3. The highest BCUT2D eigenvalue weighted by molar-refractivity contribution is 7.22. The molecule has 266 valence electrons. The molecule has 2 saturated heterocycles. The summed E-state index contributed by atoms with van der Waals surface area (Å²) in [6.07, 6.45) is 6.47. The first kappa shape index (κ1) is 33.4. The van der Waals surface area contributed by atoms with E-state index in [1.54, 1.807) is 18.4 Å². The van der Waals surface area contributed by atoms with Crippen LogP contribution in [0.2, 0.25) is 0 Å². The SMILES string of the molecule is COc1cc(C(=O)N2CC3CCC2[C@@H]3NC(=O)OC(C)(C)C)cc2sc(-c3cc4ccc(N5CCC(OC)CC5)cc4n3CC3CC3)c(C)c12. The van der Waals surface area contributed by atoms with E-state index in [0.717, 1.165) is 61.2 Å². The average molecular weight is 699 g/mol. The number of benzene rings is 2. The first-order valence-corrected chi connectivity index (χ1v) is 19.2. The van der Waals surface area contributed by atoms with Crippen LogP contribution >= 0.6 is 11.3 Å². The maximum atomic E-state index is 14.2. The van der Waals surface area contributed by atoms with Crippen molar-refractivity contribution < 1.29 is 23.8 Å². The van der Waals surface area contributed by atoms with Gasteiger partial charge in [0.05, 0.1) is 41.4 Å². The number of carbonyl (C=O) groups excluding carboxylic acids is 2. The van der Waals surface area contributed by atoms with Gasteiger partial charge in [-0.1, -0.05) is 6.07 Å². The summed E-state index contributed by atoms with van der Waals surface area (Å²) in [5.41, 5.74) is 5.05. The summed E-state index contributed by atoms with van der Waals surface area (Å²) in [6, 6.07) is 13.1. The summed E-state index contributed by atoms with van der Waals surface area (Å²) in [6.45, 7) is 11.4. The molecule has 10 heteroatoms. The molecule has 9 nitrogen and oxygen atoms in total. The van der Waals surface area contributed by atoms with E-state index in [1.807, 2.05) is 38.8 Å². The van der Waals surface area contributed by atoms with Crippen LogP contribution in [0.15, 0.2) is 36.4 Å². The van der Waals surface area contributed by atoms with Gasteiger partial charge in [-0.3, -0.25) is 4.79 Å². The molecule has 2 amide bonds. The third kappa shape index (κ3) is 6.12. The molecule has 4 fully saturated rings. The summed E-state index contributed by atoms with van der Waals surface area (Å²) >= 11 is 1.75. The summed E-state index contributed by atoms with van der Waals surface area (Å²) < 4.78 is 20.8. The van der Waals surface area contributed by atoms with Crippen LogP contribution in [0.4, 0.5) is 10.5 Å². The van der Waals surface area contributed by atoms with Gasteiger partial charge >= 0.3 is 6.09 Å². The molecule has 2 saturated carbocycles. The van der Waals surface area contributed by atoms with Gasteiger partial charge in [-0.05, 0) is 114 Å². The van der Waals surface area contributed by atoms with Crippen molar-refractivity contribution in [1.29, 1.82) is 0 Å². The van der Waals surface area contributed by atoms with E-state index in [9.17, 15) is 9.59 Å². The number of hydrogen-bond acceptors (Lipinski definition) is 7. The molecular weight excluding hydrogens is 649 g/mol. The predicted molar refractivity (Wildman–Crippen MR) is 200 cm³/mol. The number of hydrogen-bond donors (Lipinski definition) is 1. The van der Waals surface area contributed by atoms with Crippen LogP contribution in [0.3, 0.4) is 0 Å². The molecule has 2 aliphatic carbocycles. The number of carbonyl (C=O) groups is 2. The number of ether oxygens (including phenoxy) is 3. The molecule has 0 spiro atoms. The Balaban J connectivity index is 1.11. The third-order valence-electron chi connectivity index (χ3n) is 11.4. The Kier molecular flexibility index (Phi) is 8.53. The maximum absolute atomic E-state index is 14.2. The smallest absolute Gasteiger partial charge is 0.407 e. The Bertz CT molecular complexity index is 1950. The zero-order valence-electron chi connectivity index (χ0n) is 30.2. The lowest BCUT2D eigenvalue weighted by atomic mass is 10.0. The van der Waals surface area contributed by atoms with Crippen molar-refractivity contribution in [3.8, 4) is 16.3 Å². The number of nitrogens with zero attached hydrogens (tertiary/aromatic N) is 3. The summed E-state index contributed by atoms with van der Waals surface area (Å²) in [5, 5.41) is 5.42. The highest BCUT2D eigenvalue weighted by atomic mass is 32.1. The van der Waals surface area contributed by atoms with Crippen LogP contribution in [0.25, 0.3) is 31.6 Å². The Labute approximate surface area is 298 Å². The van der Waals surface area contributed by atoms with Crippen molar-refractivity contribution in [2.75, 3.05) is 38.8 Å². The van der Waals surface area contributed by atoms with Crippen LogP contribution in [-0.2, 0) is 16.0 Å². The number of fused-ring (bicyclic) bond motifs is 4. The largest absolute Gasteiger partial charge is 0.496 e. The van der Waals surface area contributed by atoms with Crippen LogP contribution in [0, 0.1) is 18.8 Å². The number of likely N-dealkylation sites (tertiary alicyclic amines) is 1. The number of alkyl carbamates (subject to hydrolysis) is 1. The van der Waals surface area contributed by atoms with Crippen molar-refractivity contribution in [3.63, 3.8) is 0 Å². The van der Waals surface area contributed by atoms with Crippen LogP contribution in [0.5, 0.6) is 5.75 Å². The molecule has 0 radical (unpaired) electrons. The zero-order chi connectivity index (χ0) is 34.9. The predicted octanol–water partition coefficient (Wildman–Crippen LogP) is 7.99. The monoisotopic (exact) mass is 698 g/mol. The highest BCUT2D eigenvalue weighted by Crippen LogP contribution is 2.47. The molecular formula is C40H50N4O5S. The maximum Gasteiger partial charge on any atom is 0.407 e. The fourth-order valence-electron chi connectivity index (χ4n) is 8.66. The van der Waals surface area contributed by atoms with E-state index in [0.29, 0.717) is 24.1 Å². The minimum atomic E-state index is -0.572. The van der Waals surface area contributed by atoms with Gasteiger partial charge in [0.2, 0.25) is 0 Å². The number of piperidine rings is 2. The molecule has 50 heavy (non-hydrogen) atoms. The van der Waals surface area contributed by atoms with E-state index >= 15 is 0 Å². The van der Waals surface area contributed by atoms with Gasteiger partial charge in [0.25, 0.3) is 5.91 Å². The Hall–Kier alpha value is -3.76. The number of anilines is 1. The van der Waals surface area contributed by atoms with Crippen molar-refractivity contribution in [1.82, 2.24) is 14.8 Å². The normalized spacial score (nSPS) is 22.6. The third-order valence-corrected chi connectivity index (χ3v) is 12.7. The molecule has 4 heterocycles. The van der Waals surface area contributed by atoms with Gasteiger partial charge in [0.1, 0.15) is 11.4 Å². The van der Waals surface area contributed by atoms with E-state index in [-0.39, 0.29) is 23.9 Å². The lowest BCUT2D eigenvalue weighted by molar-refractivity contribution is 0.0485. The second kappa shape index (κ2) is 12.8. The fourth-order valence-corrected chi connectivity index (χ4v) is 9.95. The van der Waals surface area contributed by atoms with Crippen molar-refractivity contribution in [2.45, 2.75) is 96.6 Å². The Morgan fingerprint density at radius 2 is 1.76 bits per heavy atom. The number of amides is 2. The van der Waals surface area contributed by atoms with E-state index < -0.39 is 11.7 Å². The zero-order valence-corrected chi connectivity index (χ0v) is 31.0. The standard InChI is InChI=1S/C40H50N4O5S/c1-23-35-33(48-6)18-27(38(45)44-22-26-10-12-30(44)36(26)41-39(46)49-40(2,3)4)19-34(35)50-37(23)32-17-25-9-11-28(42-15-13-29(47-5)14-16-42)20-31(25)43(32)21-24-7-8-24/h9,11,17-20,24,26,29-30,36H,7-8,10,12-16,21-22H2,1-6H3,(H,41,46)/t26?,30?,36-/m1/s1. The molecule has 2 bridgehead atoms. The highest BCUT2D eigenvalue weighted by Gasteiger charge is 2.50.